The molecule has 0 saturated heterocycles. The lowest BCUT2D eigenvalue weighted by molar-refractivity contribution is -0.870. The molecule has 0 radical (unpaired) electrons. The molecule has 0 heterocycles. The number of amides is 1. The number of quaternary nitrogens is 1. The van der Waals surface area contributed by atoms with E-state index >= 15 is 0 Å². The molecule has 1 amide bonds. The summed E-state index contributed by atoms with van der Waals surface area (Å²) >= 11 is 0. The topological polar surface area (TPSA) is 108 Å². The van der Waals surface area contributed by atoms with Gasteiger partial charge in [0.2, 0.25) is 5.91 Å². The molecule has 0 aliphatic heterocycles. The maximum atomic E-state index is 12.9. The second kappa shape index (κ2) is 42.0. The average molecular weight is 853 g/mol. The van der Waals surface area contributed by atoms with Crippen LogP contribution in [-0.4, -0.2) is 68.5 Å². The Hall–Kier alpha value is -1.28. The Morgan fingerprint density at radius 2 is 0.949 bits per heavy atom. The number of aliphatic hydroxyl groups is 1. The van der Waals surface area contributed by atoms with Crippen LogP contribution in [0.25, 0.3) is 0 Å². The molecule has 2 N–H and O–H groups in total. The number of carbonyl (C=O) groups is 1. The van der Waals surface area contributed by atoms with Crippen LogP contribution in [-0.2, 0) is 18.4 Å². The largest absolute Gasteiger partial charge is 0.756 e. The summed E-state index contributed by atoms with van der Waals surface area (Å²) in [4.78, 5) is 25.4. The van der Waals surface area contributed by atoms with Gasteiger partial charge in [-0.1, -0.05) is 211 Å². The Kier molecular flexibility index (Phi) is 41.1. The van der Waals surface area contributed by atoms with Gasteiger partial charge >= 0.3 is 0 Å². The van der Waals surface area contributed by atoms with E-state index in [0.29, 0.717) is 17.4 Å². The molecule has 9 heteroatoms. The number of unbranched alkanes of at least 4 members (excludes halogenated alkanes) is 28. The van der Waals surface area contributed by atoms with Crippen LogP contribution >= 0.6 is 7.82 Å². The number of hydrogen-bond acceptors (Lipinski definition) is 6. The fraction of sp³-hybridized carbons (Fsp3) is 0.860. The van der Waals surface area contributed by atoms with Crippen molar-refractivity contribution in [2.24, 2.45) is 0 Å². The quantitative estimate of drug-likeness (QED) is 0.0273. The van der Waals surface area contributed by atoms with Crippen molar-refractivity contribution in [3.8, 4) is 0 Å². The Labute approximate surface area is 366 Å². The fourth-order valence-electron chi connectivity index (χ4n) is 7.13. The van der Waals surface area contributed by atoms with Crippen molar-refractivity contribution in [3.63, 3.8) is 0 Å². The van der Waals surface area contributed by atoms with Gasteiger partial charge in [-0.2, -0.15) is 0 Å². The molecule has 0 aromatic rings. The van der Waals surface area contributed by atoms with E-state index in [-0.39, 0.29) is 12.5 Å². The molecule has 3 unspecified atom stereocenters. The summed E-state index contributed by atoms with van der Waals surface area (Å²) in [5, 5.41) is 13.8. The number of likely N-dealkylation sites (N-methyl/N-ethyl adjacent to an activating group) is 1. The molecule has 59 heavy (non-hydrogen) atoms. The van der Waals surface area contributed by atoms with E-state index in [4.69, 9.17) is 9.05 Å². The van der Waals surface area contributed by atoms with Gasteiger partial charge in [0.05, 0.1) is 39.9 Å². The van der Waals surface area contributed by atoms with E-state index in [0.717, 1.165) is 44.9 Å². The summed E-state index contributed by atoms with van der Waals surface area (Å²) in [6.45, 7) is 4.63. The van der Waals surface area contributed by atoms with E-state index in [1.54, 1.807) is 6.08 Å². The number of aliphatic hydroxyl groups excluding tert-OH is 1. The van der Waals surface area contributed by atoms with Gasteiger partial charge in [0.25, 0.3) is 7.82 Å². The monoisotopic (exact) mass is 853 g/mol. The summed E-state index contributed by atoms with van der Waals surface area (Å²) in [5.41, 5.74) is 0. The molecule has 0 aromatic heterocycles. The third-order valence-electron chi connectivity index (χ3n) is 11.1. The predicted octanol–water partition coefficient (Wildman–Crippen LogP) is 13.6. The van der Waals surface area contributed by atoms with Crippen molar-refractivity contribution in [3.05, 3.63) is 36.5 Å². The SMILES string of the molecule is CCCCCCCCCCC/C=C/CC/C=C/CC/C=C/C(O)C(COP(=O)([O-])OCC[N+](C)(C)C)NC(=O)CCCCCCCCCCCCCCCCCCCC. The van der Waals surface area contributed by atoms with Gasteiger partial charge in [-0.3, -0.25) is 9.36 Å². The molecular weight excluding hydrogens is 756 g/mol. The minimum atomic E-state index is -4.60. The normalized spacial score (nSPS) is 14.5. The van der Waals surface area contributed by atoms with Crippen LogP contribution in [0.2, 0.25) is 0 Å². The van der Waals surface area contributed by atoms with Gasteiger partial charge in [-0.15, -0.1) is 0 Å². The van der Waals surface area contributed by atoms with Crippen LogP contribution in [0.15, 0.2) is 36.5 Å². The van der Waals surface area contributed by atoms with Gasteiger partial charge in [-0.25, -0.2) is 0 Å². The molecule has 0 aliphatic rings. The van der Waals surface area contributed by atoms with E-state index in [1.807, 2.05) is 27.2 Å². The first kappa shape index (κ1) is 57.7. The molecule has 0 aromatic carbocycles. The third-order valence-corrected chi connectivity index (χ3v) is 12.0. The molecule has 8 nitrogen and oxygen atoms in total. The molecule has 0 rings (SSSR count). The molecule has 0 saturated carbocycles. The standard InChI is InChI=1S/C50H97N2O6P/c1-6-8-10-12-14-16-18-20-22-24-26-27-29-31-33-35-37-39-41-43-49(53)48(47-58-59(55,56)57-46-45-52(3,4)5)51-50(54)44-42-40-38-36-34-32-30-28-25-23-21-19-17-15-13-11-9-7-2/h26-27,33,35,41,43,48-49,53H,6-25,28-32,34,36-40,42,44-47H2,1-5H3,(H-,51,54,55,56)/b27-26+,35-33+,43-41+. The lowest BCUT2D eigenvalue weighted by Gasteiger charge is -2.29. The number of hydrogen-bond donors (Lipinski definition) is 2. The van der Waals surface area contributed by atoms with Crippen LogP contribution in [0.4, 0.5) is 0 Å². The third kappa shape index (κ3) is 44.6. The van der Waals surface area contributed by atoms with Gasteiger partial charge in [0, 0.05) is 6.42 Å². The van der Waals surface area contributed by atoms with Crippen molar-refractivity contribution in [1.29, 1.82) is 0 Å². The Bertz CT molecular complexity index is 1060. The molecule has 0 aliphatic carbocycles. The maximum absolute atomic E-state index is 12.9. The van der Waals surface area contributed by atoms with Crippen LogP contribution < -0.4 is 10.2 Å². The van der Waals surface area contributed by atoms with Crippen molar-refractivity contribution in [2.75, 3.05) is 40.9 Å². The van der Waals surface area contributed by atoms with Crippen LogP contribution in [0.5, 0.6) is 0 Å². The second-order valence-corrected chi connectivity index (χ2v) is 19.6. The van der Waals surface area contributed by atoms with Crippen LogP contribution in [0.1, 0.15) is 226 Å². The number of rotatable bonds is 45. The molecule has 0 spiro atoms. The first-order chi connectivity index (χ1) is 28.5. The summed E-state index contributed by atoms with van der Waals surface area (Å²) in [7, 11) is 1.24. The van der Waals surface area contributed by atoms with E-state index < -0.39 is 26.6 Å². The van der Waals surface area contributed by atoms with Gasteiger partial charge in [0.1, 0.15) is 13.2 Å². The van der Waals surface area contributed by atoms with Crippen LogP contribution in [0, 0.1) is 0 Å². The number of carbonyl (C=O) groups excluding carboxylic acids is 1. The Balaban J connectivity index is 4.40. The van der Waals surface area contributed by atoms with Crippen molar-refractivity contribution in [1.82, 2.24) is 5.32 Å². The molecule has 0 fully saturated rings. The minimum absolute atomic E-state index is 0.00766. The summed E-state index contributed by atoms with van der Waals surface area (Å²) in [6.07, 6.45) is 52.0. The first-order valence-corrected chi connectivity index (χ1v) is 26.3. The average Bonchev–Trinajstić information content (AvgIpc) is 3.19. The second-order valence-electron chi connectivity index (χ2n) is 18.2. The minimum Gasteiger partial charge on any atom is -0.756 e. The zero-order valence-corrected chi connectivity index (χ0v) is 40.4. The van der Waals surface area contributed by atoms with Gasteiger partial charge in [-0.05, 0) is 44.9 Å². The van der Waals surface area contributed by atoms with E-state index in [2.05, 4.69) is 43.5 Å². The summed E-state index contributed by atoms with van der Waals surface area (Å²) in [5.74, 6) is -0.209. The number of nitrogens with zero attached hydrogens (tertiary/aromatic N) is 1. The maximum Gasteiger partial charge on any atom is 0.268 e. The highest BCUT2D eigenvalue weighted by molar-refractivity contribution is 7.45. The molecule has 0 bridgehead atoms. The van der Waals surface area contributed by atoms with E-state index in [1.165, 1.54) is 161 Å². The van der Waals surface area contributed by atoms with Gasteiger partial charge in [0.15, 0.2) is 0 Å². The molecule has 348 valence electrons. The highest BCUT2D eigenvalue weighted by Crippen LogP contribution is 2.38. The lowest BCUT2D eigenvalue weighted by atomic mass is 10.0. The fourth-order valence-corrected chi connectivity index (χ4v) is 7.85. The molecule has 3 atom stereocenters. The number of phosphoric ester groups is 1. The highest BCUT2D eigenvalue weighted by atomic mass is 31.2. The van der Waals surface area contributed by atoms with Crippen molar-refractivity contribution < 1.29 is 32.9 Å². The number of allylic oxidation sites excluding steroid dienone is 5. The van der Waals surface area contributed by atoms with Gasteiger partial charge < -0.3 is 28.8 Å². The number of nitrogens with one attached hydrogen (secondary N) is 1. The Morgan fingerprint density at radius 1 is 0.576 bits per heavy atom. The van der Waals surface area contributed by atoms with Crippen molar-refractivity contribution in [2.45, 2.75) is 238 Å². The predicted molar refractivity (Wildman–Crippen MR) is 251 cm³/mol. The smallest absolute Gasteiger partial charge is 0.268 e. The van der Waals surface area contributed by atoms with Crippen LogP contribution in [0.3, 0.4) is 0 Å². The van der Waals surface area contributed by atoms with Crippen molar-refractivity contribution >= 4 is 13.7 Å². The highest BCUT2D eigenvalue weighted by Gasteiger charge is 2.23. The summed E-state index contributed by atoms with van der Waals surface area (Å²) < 4.78 is 23.2. The summed E-state index contributed by atoms with van der Waals surface area (Å²) in [6, 6.07) is -0.906. The number of phosphoric acid groups is 1. The lowest BCUT2D eigenvalue weighted by Crippen LogP contribution is -2.45. The van der Waals surface area contributed by atoms with E-state index in [9.17, 15) is 19.4 Å². The first-order valence-electron chi connectivity index (χ1n) is 24.9. The zero-order valence-electron chi connectivity index (χ0n) is 39.5. The molecular formula is C50H97N2O6P. The zero-order chi connectivity index (χ0) is 43.6. The Morgan fingerprint density at radius 3 is 1.37 bits per heavy atom.